The smallest absolute Gasteiger partial charge is 0.131 e. The van der Waals surface area contributed by atoms with Gasteiger partial charge in [-0.2, -0.15) is 0 Å². The molecule has 240 valence electrons. The molecule has 50 heavy (non-hydrogen) atoms. The van der Waals surface area contributed by atoms with Gasteiger partial charge in [-0.05, 0) is 93.8 Å². The highest BCUT2D eigenvalue weighted by molar-refractivity contribution is 6.14. The molecule has 2 N–H and O–H groups in total. The molecule has 3 heteroatoms. The third-order valence-electron chi connectivity index (χ3n) is 9.91. The van der Waals surface area contributed by atoms with Crippen LogP contribution in [0, 0.1) is 16.7 Å². The summed E-state index contributed by atoms with van der Waals surface area (Å²) in [6.45, 7) is 0. The standard InChI is InChI=1S/C47H36N2O/c48-43(33-14-4-1-5-15-33)27-28-44(49)38-19-13-18-36(31-38)34-16-12-17-35(30-34)37-26-29-46-42(32-37)47(39-20-6-2-7-21-39,40-22-8-3-9-23-40)41-24-10-11-25-45(41)50-46/h1-22,24-32,40,48-49H,23H2/b28-27-,48-43?,49-44?. The third kappa shape index (κ3) is 5.63. The zero-order valence-corrected chi connectivity index (χ0v) is 27.6. The van der Waals surface area contributed by atoms with Gasteiger partial charge in [0.05, 0.1) is 16.8 Å². The summed E-state index contributed by atoms with van der Waals surface area (Å²) < 4.78 is 6.64. The van der Waals surface area contributed by atoms with Crippen molar-refractivity contribution in [3.63, 3.8) is 0 Å². The monoisotopic (exact) mass is 644 g/mol. The first kappa shape index (κ1) is 31.0. The summed E-state index contributed by atoms with van der Waals surface area (Å²) in [5, 5.41) is 17.1. The first-order chi connectivity index (χ1) is 24.6. The van der Waals surface area contributed by atoms with Gasteiger partial charge in [0.1, 0.15) is 11.5 Å². The SMILES string of the molecule is N=C(/C=C\C(=N)c1cccc(-c2cccc(-c3ccc4c(c3)C(c3ccccc3)(C3C=CC=CC3)c3ccccc3O4)c2)c1)c1ccccc1. The number of para-hydroxylation sites is 1. The van der Waals surface area contributed by atoms with E-state index in [2.05, 4.69) is 133 Å². The molecule has 8 rings (SSSR count). The number of benzene rings is 6. The Bertz CT molecular complexity index is 2320. The number of hydrogen-bond donors (Lipinski definition) is 2. The van der Waals surface area contributed by atoms with Crippen LogP contribution in [0.3, 0.4) is 0 Å². The van der Waals surface area contributed by atoms with Crippen molar-refractivity contribution >= 4 is 11.4 Å². The highest BCUT2D eigenvalue weighted by Crippen LogP contribution is 2.57. The van der Waals surface area contributed by atoms with Crippen molar-refractivity contribution in [3.05, 3.63) is 216 Å². The number of fused-ring (bicyclic) bond motifs is 2. The minimum absolute atomic E-state index is 0.198. The van der Waals surface area contributed by atoms with Crippen LogP contribution in [-0.4, -0.2) is 11.4 Å². The van der Waals surface area contributed by atoms with Crippen LogP contribution in [0.4, 0.5) is 0 Å². The van der Waals surface area contributed by atoms with E-state index in [9.17, 15) is 0 Å². The van der Waals surface area contributed by atoms with E-state index in [1.165, 1.54) is 16.7 Å². The highest BCUT2D eigenvalue weighted by atomic mass is 16.5. The van der Waals surface area contributed by atoms with Gasteiger partial charge < -0.3 is 15.6 Å². The largest absolute Gasteiger partial charge is 0.457 e. The van der Waals surface area contributed by atoms with Gasteiger partial charge in [-0.15, -0.1) is 0 Å². The Balaban J connectivity index is 1.18. The van der Waals surface area contributed by atoms with Crippen LogP contribution in [0.5, 0.6) is 11.5 Å². The van der Waals surface area contributed by atoms with Crippen molar-refractivity contribution in [2.24, 2.45) is 5.92 Å². The number of hydrogen-bond acceptors (Lipinski definition) is 3. The van der Waals surface area contributed by atoms with Crippen LogP contribution in [-0.2, 0) is 5.41 Å². The quantitative estimate of drug-likeness (QED) is 0.159. The number of nitrogens with one attached hydrogen (secondary N) is 2. The first-order valence-corrected chi connectivity index (χ1v) is 17.0. The molecule has 0 fully saturated rings. The van der Waals surface area contributed by atoms with Crippen molar-refractivity contribution in [1.29, 1.82) is 10.8 Å². The van der Waals surface area contributed by atoms with Gasteiger partial charge in [0.15, 0.2) is 0 Å². The van der Waals surface area contributed by atoms with Gasteiger partial charge in [0.25, 0.3) is 0 Å². The lowest BCUT2D eigenvalue weighted by molar-refractivity contribution is 0.367. The molecule has 0 spiro atoms. The molecule has 0 aromatic heterocycles. The summed E-state index contributed by atoms with van der Waals surface area (Å²) in [4.78, 5) is 0. The van der Waals surface area contributed by atoms with Crippen LogP contribution in [0.25, 0.3) is 22.3 Å². The van der Waals surface area contributed by atoms with Gasteiger partial charge >= 0.3 is 0 Å². The summed E-state index contributed by atoms with van der Waals surface area (Å²) in [5.41, 5.74) is 9.87. The molecule has 6 aromatic rings. The molecule has 1 aliphatic carbocycles. The van der Waals surface area contributed by atoms with E-state index in [0.717, 1.165) is 51.3 Å². The highest BCUT2D eigenvalue weighted by Gasteiger charge is 2.48. The maximum absolute atomic E-state index is 8.75. The van der Waals surface area contributed by atoms with Crippen LogP contribution < -0.4 is 4.74 Å². The molecule has 0 radical (unpaired) electrons. The Kier molecular flexibility index (Phi) is 8.24. The zero-order valence-electron chi connectivity index (χ0n) is 27.6. The lowest BCUT2D eigenvalue weighted by Crippen LogP contribution is -2.39. The third-order valence-corrected chi connectivity index (χ3v) is 9.91. The normalized spacial score (nSPS) is 17.5. The summed E-state index contributed by atoms with van der Waals surface area (Å²) >= 11 is 0. The van der Waals surface area contributed by atoms with E-state index in [0.29, 0.717) is 11.4 Å². The Hall–Kier alpha value is -6.32. The van der Waals surface area contributed by atoms with Gasteiger partial charge in [0.2, 0.25) is 0 Å². The Labute approximate surface area is 293 Å². The van der Waals surface area contributed by atoms with Crippen molar-refractivity contribution in [2.45, 2.75) is 11.8 Å². The van der Waals surface area contributed by atoms with E-state index < -0.39 is 5.41 Å². The second kappa shape index (κ2) is 13.3. The Morgan fingerprint density at radius 3 is 1.88 bits per heavy atom. The van der Waals surface area contributed by atoms with Crippen molar-refractivity contribution in [2.75, 3.05) is 0 Å². The van der Waals surface area contributed by atoms with Crippen molar-refractivity contribution in [3.8, 4) is 33.8 Å². The second-order valence-electron chi connectivity index (χ2n) is 12.8. The van der Waals surface area contributed by atoms with Crippen LogP contribution in [0.1, 0.15) is 34.2 Å². The number of ether oxygens (including phenoxy) is 1. The van der Waals surface area contributed by atoms with E-state index in [4.69, 9.17) is 15.6 Å². The van der Waals surface area contributed by atoms with E-state index in [1.54, 1.807) is 12.2 Å². The van der Waals surface area contributed by atoms with Crippen LogP contribution >= 0.6 is 0 Å². The number of rotatable bonds is 8. The van der Waals surface area contributed by atoms with Crippen molar-refractivity contribution in [1.82, 2.24) is 0 Å². The minimum Gasteiger partial charge on any atom is -0.457 e. The van der Waals surface area contributed by atoms with Gasteiger partial charge in [-0.25, -0.2) is 0 Å². The van der Waals surface area contributed by atoms with Crippen molar-refractivity contribution < 1.29 is 4.74 Å². The van der Waals surface area contributed by atoms with Gasteiger partial charge in [-0.1, -0.05) is 146 Å². The lowest BCUT2D eigenvalue weighted by Gasteiger charge is -2.45. The summed E-state index contributed by atoms with van der Waals surface area (Å²) in [6, 6.07) is 52.3. The summed E-state index contributed by atoms with van der Waals surface area (Å²) in [5.74, 6) is 1.98. The zero-order chi connectivity index (χ0) is 33.9. The first-order valence-electron chi connectivity index (χ1n) is 17.0. The van der Waals surface area contributed by atoms with E-state index >= 15 is 0 Å². The fourth-order valence-corrected chi connectivity index (χ4v) is 7.50. The molecule has 2 atom stereocenters. The molecule has 3 nitrogen and oxygen atoms in total. The molecule has 0 bridgehead atoms. The summed E-state index contributed by atoms with van der Waals surface area (Å²) in [6.07, 6.45) is 13.3. The van der Waals surface area contributed by atoms with Gasteiger partial charge in [0, 0.05) is 11.1 Å². The van der Waals surface area contributed by atoms with E-state index in [-0.39, 0.29) is 5.92 Å². The topological polar surface area (TPSA) is 56.9 Å². The maximum atomic E-state index is 8.75. The molecule has 0 amide bonds. The fourth-order valence-electron chi connectivity index (χ4n) is 7.50. The predicted octanol–water partition coefficient (Wildman–Crippen LogP) is 11.6. The Morgan fingerprint density at radius 1 is 0.540 bits per heavy atom. The average Bonchev–Trinajstić information content (AvgIpc) is 3.20. The Morgan fingerprint density at radius 2 is 1.14 bits per heavy atom. The minimum atomic E-state index is -0.445. The maximum Gasteiger partial charge on any atom is 0.131 e. The second-order valence-corrected chi connectivity index (χ2v) is 12.8. The molecular weight excluding hydrogens is 609 g/mol. The summed E-state index contributed by atoms with van der Waals surface area (Å²) in [7, 11) is 0. The molecule has 1 aliphatic heterocycles. The molecule has 2 aliphatic rings. The molecule has 0 saturated heterocycles. The molecular formula is C47H36N2O. The fraction of sp³-hybridized carbons (Fsp3) is 0.0638. The molecule has 2 unspecified atom stereocenters. The predicted molar refractivity (Wildman–Crippen MR) is 206 cm³/mol. The van der Waals surface area contributed by atoms with Crippen LogP contribution in [0.2, 0.25) is 0 Å². The van der Waals surface area contributed by atoms with E-state index in [1.807, 2.05) is 42.5 Å². The molecule has 1 heterocycles. The molecule has 6 aromatic carbocycles. The molecule has 0 saturated carbocycles. The number of allylic oxidation sites excluding steroid dienone is 6. The van der Waals surface area contributed by atoms with Crippen LogP contribution in [0.15, 0.2) is 188 Å². The lowest BCUT2D eigenvalue weighted by atomic mass is 9.59. The van der Waals surface area contributed by atoms with Gasteiger partial charge in [-0.3, -0.25) is 0 Å². The average molecular weight is 645 g/mol.